The monoisotopic (exact) mass is 352 g/mol. The van der Waals surface area contributed by atoms with Crippen LogP contribution in [0.25, 0.3) is 22.2 Å². The summed E-state index contributed by atoms with van der Waals surface area (Å²) in [7, 11) is 0. The Labute approximate surface area is 137 Å². The predicted molar refractivity (Wildman–Crippen MR) is 82.4 cm³/mol. The lowest BCUT2D eigenvalue weighted by Crippen LogP contribution is -1.86. The van der Waals surface area contributed by atoms with E-state index in [0.717, 1.165) is 12.1 Å². The summed E-state index contributed by atoms with van der Waals surface area (Å²) in [6, 6.07) is 5.60. The van der Waals surface area contributed by atoms with Crippen LogP contribution in [0.3, 0.4) is 0 Å². The molecule has 1 heterocycles. The van der Waals surface area contributed by atoms with Crippen molar-refractivity contribution in [1.82, 2.24) is 4.98 Å². The topological polar surface area (TPSA) is 89.4 Å². The Bertz CT molecular complexity index is 977. The van der Waals surface area contributed by atoms with Crippen molar-refractivity contribution in [3.05, 3.63) is 63.5 Å². The highest BCUT2D eigenvalue weighted by Gasteiger charge is 2.14. The lowest BCUT2D eigenvalue weighted by Gasteiger charge is -2.00. The van der Waals surface area contributed by atoms with Gasteiger partial charge in [0.25, 0.3) is 5.69 Å². The Kier molecular flexibility index (Phi) is 3.90. The fraction of sp³-hybridized carbons (Fsp3) is 0. The Morgan fingerprint density at radius 1 is 1.29 bits per heavy atom. The molecule has 6 nitrogen and oxygen atoms in total. The second-order valence-electron chi connectivity index (χ2n) is 4.75. The third-order valence-electron chi connectivity index (χ3n) is 3.12. The fourth-order valence-corrected chi connectivity index (χ4v) is 2.21. The lowest BCUT2D eigenvalue weighted by atomic mass is 10.2. The minimum absolute atomic E-state index is 0.0426. The number of nitro benzene ring substituents is 1. The van der Waals surface area contributed by atoms with E-state index in [1.54, 1.807) is 0 Å². The first kappa shape index (κ1) is 15.9. The molecule has 1 aromatic heterocycles. The normalized spacial score (nSPS) is 11.9. The SMILES string of the molecule is O=[N+]([O-])c1ccc2oc(/C(Cl)=C/c3cc(F)c(O)c(F)c3)nc2c1. The summed E-state index contributed by atoms with van der Waals surface area (Å²) in [4.78, 5) is 14.2. The predicted octanol–water partition coefficient (Wildman–Crippen LogP) is 4.46. The zero-order valence-corrected chi connectivity index (χ0v) is 12.4. The van der Waals surface area contributed by atoms with Crippen LogP contribution in [0.1, 0.15) is 11.5 Å². The van der Waals surface area contributed by atoms with E-state index in [1.807, 2.05) is 0 Å². The number of hydrogen-bond acceptors (Lipinski definition) is 5. The Morgan fingerprint density at radius 3 is 2.58 bits per heavy atom. The Balaban J connectivity index is 2.01. The maximum absolute atomic E-state index is 13.3. The molecule has 3 aromatic rings. The number of fused-ring (bicyclic) bond motifs is 1. The van der Waals surface area contributed by atoms with E-state index in [-0.39, 0.29) is 33.3 Å². The molecule has 0 radical (unpaired) electrons. The average Bonchev–Trinajstić information content (AvgIpc) is 2.95. The summed E-state index contributed by atoms with van der Waals surface area (Å²) in [5.74, 6) is -3.43. The quantitative estimate of drug-likeness (QED) is 0.555. The number of phenolic OH excluding ortho intramolecular Hbond substituents is 1. The van der Waals surface area contributed by atoms with Crippen LogP contribution in [0.4, 0.5) is 14.5 Å². The molecule has 0 fully saturated rings. The molecule has 0 atom stereocenters. The first-order chi connectivity index (χ1) is 11.3. The van der Waals surface area contributed by atoms with Crippen molar-refractivity contribution < 1.29 is 23.2 Å². The standard InChI is InChI=1S/C15H7ClF2N2O4/c16-9(3-7-4-10(17)14(21)11(18)5-7)15-19-12-6-8(20(22)23)1-2-13(12)24-15/h1-6,21H/b9-3-. The van der Waals surface area contributed by atoms with Crippen LogP contribution in [-0.4, -0.2) is 15.0 Å². The number of aromatic hydroxyl groups is 1. The number of oxazole rings is 1. The van der Waals surface area contributed by atoms with Crippen molar-refractivity contribution in [2.45, 2.75) is 0 Å². The maximum atomic E-state index is 13.3. The van der Waals surface area contributed by atoms with E-state index in [1.165, 1.54) is 24.3 Å². The number of non-ortho nitro benzene ring substituents is 1. The second-order valence-corrected chi connectivity index (χ2v) is 5.16. The van der Waals surface area contributed by atoms with Gasteiger partial charge < -0.3 is 9.52 Å². The van der Waals surface area contributed by atoms with Crippen LogP contribution >= 0.6 is 11.6 Å². The van der Waals surface area contributed by atoms with Gasteiger partial charge in [-0.1, -0.05) is 11.6 Å². The van der Waals surface area contributed by atoms with Crippen LogP contribution in [-0.2, 0) is 0 Å². The van der Waals surface area contributed by atoms with Gasteiger partial charge in [0.15, 0.2) is 23.0 Å². The van der Waals surface area contributed by atoms with Gasteiger partial charge in [-0.15, -0.1) is 0 Å². The number of benzene rings is 2. The van der Waals surface area contributed by atoms with E-state index in [4.69, 9.17) is 21.1 Å². The van der Waals surface area contributed by atoms with Gasteiger partial charge >= 0.3 is 0 Å². The molecule has 0 bridgehead atoms. The van der Waals surface area contributed by atoms with Gasteiger partial charge in [0.2, 0.25) is 5.89 Å². The second kappa shape index (κ2) is 5.89. The minimum Gasteiger partial charge on any atom is -0.503 e. The van der Waals surface area contributed by atoms with Crippen LogP contribution in [0.5, 0.6) is 5.75 Å². The molecule has 0 amide bonds. The summed E-state index contributed by atoms with van der Waals surface area (Å²) in [6.45, 7) is 0. The molecule has 0 saturated heterocycles. The Hall–Kier alpha value is -3.00. The molecule has 1 N–H and O–H groups in total. The average molecular weight is 353 g/mol. The van der Waals surface area contributed by atoms with Crippen molar-refractivity contribution in [1.29, 1.82) is 0 Å². The summed E-state index contributed by atoms with van der Waals surface area (Å²) < 4.78 is 32.0. The molecule has 0 aliphatic carbocycles. The molecule has 24 heavy (non-hydrogen) atoms. The first-order valence-corrected chi connectivity index (χ1v) is 6.83. The van der Waals surface area contributed by atoms with E-state index < -0.39 is 22.3 Å². The van der Waals surface area contributed by atoms with E-state index in [9.17, 15) is 18.9 Å². The zero-order valence-electron chi connectivity index (χ0n) is 11.7. The third-order valence-corrected chi connectivity index (χ3v) is 3.39. The summed E-state index contributed by atoms with van der Waals surface area (Å²) in [5, 5.41) is 19.7. The summed E-state index contributed by atoms with van der Waals surface area (Å²) >= 11 is 6.02. The highest BCUT2D eigenvalue weighted by molar-refractivity contribution is 6.50. The molecule has 0 spiro atoms. The van der Waals surface area contributed by atoms with Gasteiger partial charge in [-0.3, -0.25) is 10.1 Å². The van der Waals surface area contributed by atoms with Gasteiger partial charge in [-0.2, -0.15) is 0 Å². The van der Waals surface area contributed by atoms with Crippen LogP contribution in [0.2, 0.25) is 0 Å². The summed E-state index contributed by atoms with van der Waals surface area (Å²) in [5.41, 5.74) is 0.366. The molecular weight excluding hydrogens is 346 g/mol. The lowest BCUT2D eigenvalue weighted by molar-refractivity contribution is -0.384. The van der Waals surface area contributed by atoms with Gasteiger partial charge in [0, 0.05) is 12.1 Å². The molecule has 2 aromatic carbocycles. The number of halogens is 3. The molecule has 122 valence electrons. The van der Waals surface area contributed by atoms with Crippen LogP contribution in [0.15, 0.2) is 34.7 Å². The van der Waals surface area contributed by atoms with Crippen molar-refractivity contribution in [2.75, 3.05) is 0 Å². The molecule has 0 saturated carbocycles. The smallest absolute Gasteiger partial charge is 0.271 e. The summed E-state index contributed by atoms with van der Waals surface area (Å²) in [6.07, 6.45) is 1.19. The molecule has 0 aliphatic rings. The first-order valence-electron chi connectivity index (χ1n) is 6.45. The van der Waals surface area contributed by atoms with Crippen LogP contribution in [0, 0.1) is 21.7 Å². The van der Waals surface area contributed by atoms with E-state index in [0.29, 0.717) is 0 Å². The van der Waals surface area contributed by atoms with Crippen molar-refractivity contribution >= 4 is 39.5 Å². The van der Waals surface area contributed by atoms with E-state index in [2.05, 4.69) is 4.98 Å². The number of hydrogen-bond donors (Lipinski definition) is 1. The molecular formula is C15H7ClF2N2O4. The number of aromatic nitrogens is 1. The zero-order chi connectivity index (χ0) is 17.4. The van der Waals surface area contributed by atoms with Crippen LogP contribution < -0.4 is 0 Å². The largest absolute Gasteiger partial charge is 0.503 e. The molecule has 0 unspecified atom stereocenters. The third kappa shape index (κ3) is 2.91. The fourth-order valence-electron chi connectivity index (χ4n) is 2.01. The number of nitro groups is 1. The van der Waals surface area contributed by atoms with Crippen molar-refractivity contribution in [3.8, 4) is 5.75 Å². The highest BCUT2D eigenvalue weighted by Crippen LogP contribution is 2.29. The molecule has 0 aliphatic heterocycles. The van der Waals surface area contributed by atoms with Crippen molar-refractivity contribution in [2.24, 2.45) is 0 Å². The molecule has 3 rings (SSSR count). The number of phenols is 1. The minimum atomic E-state index is -1.14. The number of rotatable bonds is 3. The maximum Gasteiger partial charge on any atom is 0.271 e. The Morgan fingerprint density at radius 2 is 1.96 bits per heavy atom. The van der Waals surface area contributed by atoms with Gasteiger partial charge in [0.1, 0.15) is 10.5 Å². The van der Waals surface area contributed by atoms with Gasteiger partial charge in [-0.05, 0) is 29.8 Å². The van der Waals surface area contributed by atoms with E-state index >= 15 is 0 Å². The van der Waals surface area contributed by atoms with Crippen molar-refractivity contribution in [3.63, 3.8) is 0 Å². The molecule has 9 heteroatoms. The van der Waals surface area contributed by atoms with Gasteiger partial charge in [-0.25, -0.2) is 13.8 Å². The van der Waals surface area contributed by atoms with Gasteiger partial charge in [0.05, 0.1) is 4.92 Å². The number of nitrogens with zero attached hydrogens (tertiary/aromatic N) is 2. The highest BCUT2D eigenvalue weighted by atomic mass is 35.5.